The van der Waals surface area contributed by atoms with Crippen molar-refractivity contribution in [2.75, 3.05) is 12.4 Å². The summed E-state index contributed by atoms with van der Waals surface area (Å²) in [6.07, 6.45) is 9.64. The van der Waals surface area contributed by atoms with Crippen molar-refractivity contribution < 1.29 is 26.5 Å². The van der Waals surface area contributed by atoms with Gasteiger partial charge in [-0.25, -0.2) is 17.5 Å². The molecule has 5 aromatic rings. The maximum atomic E-state index is 15.4. The van der Waals surface area contributed by atoms with Gasteiger partial charge >= 0.3 is 0 Å². The van der Waals surface area contributed by atoms with Crippen LogP contribution in [0.15, 0.2) is 62.1 Å². The van der Waals surface area contributed by atoms with Gasteiger partial charge in [0, 0.05) is 25.4 Å². The van der Waals surface area contributed by atoms with Gasteiger partial charge in [0.25, 0.3) is 11.5 Å². The Balaban J connectivity index is 1.53. The number of furan rings is 1. The second-order valence-corrected chi connectivity index (χ2v) is 12.2. The Morgan fingerprint density at radius 2 is 2.12 bits per heavy atom. The van der Waals surface area contributed by atoms with Crippen LogP contribution in [0.1, 0.15) is 41.1 Å². The third-order valence-electron chi connectivity index (χ3n) is 7.57. The van der Waals surface area contributed by atoms with Gasteiger partial charge in [-0.3, -0.25) is 9.59 Å². The van der Waals surface area contributed by atoms with Crippen LogP contribution in [-0.2, 0) is 16.6 Å². The number of amides is 1. The second kappa shape index (κ2) is 9.58. The van der Waals surface area contributed by atoms with E-state index in [9.17, 15) is 18.0 Å². The van der Waals surface area contributed by atoms with E-state index in [4.69, 9.17) is 8.94 Å². The lowest BCUT2D eigenvalue weighted by atomic mass is 10.0. The van der Waals surface area contributed by atoms with Crippen molar-refractivity contribution in [1.29, 1.82) is 0 Å². The number of allylic oxidation sites excluding steroid dienone is 2. The maximum Gasteiger partial charge on any atom is 0.282 e. The number of pyridine rings is 1. The van der Waals surface area contributed by atoms with Crippen LogP contribution in [0.2, 0.25) is 0 Å². The summed E-state index contributed by atoms with van der Waals surface area (Å²) < 4.78 is 56.2. The molecule has 7 rings (SSSR count). The van der Waals surface area contributed by atoms with Crippen LogP contribution >= 0.6 is 0 Å². The molecule has 42 heavy (non-hydrogen) atoms. The van der Waals surface area contributed by atoms with Gasteiger partial charge < -0.3 is 23.8 Å². The Morgan fingerprint density at radius 3 is 2.88 bits per heavy atom. The molecule has 0 unspecified atom stereocenters. The molecule has 0 atom stereocenters. The summed E-state index contributed by atoms with van der Waals surface area (Å²) >= 11 is 0. The molecule has 3 N–H and O–H groups in total. The SMILES string of the molecule is CNc1noc2c1C=C(Cn1c(C(=O)NS(=O)(=O)C3CC3)c(-c3ccc[nH]c3=O)c3c4occc4c(F)cc31)CC=C2. The highest BCUT2D eigenvalue weighted by Crippen LogP contribution is 2.41. The van der Waals surface area contributed by atoms with E-state index in [-0.39, 0.29) is 39.9 Å². The van der Waals surface area contributed by atoms with Gasteiger partial charge in [0.2, 0.25) is 10.0 Å². The number of nitrogens with zero attached hydrogens (tertiary/aromatic N) is 2. The van der Waals surface area contributed by atoms with E-state index in [0.717, 1.165) is 5.57 Å². The number of carbonyl (C=O) groups is 1. The molecule has 1 amide bonds. The largest absolute Gasteiger partial charge is 0.463 e. The lowest BCUT2D eigenvalue weighted by Gasteiger charge is -2.14. The van der Waals surface area contributed by atoms with Crippen LogP contribution in [0.5, 0.6) is 0 Å². The summed E-state index contributed by atoms with van der Waals surface area (Å²) in [6, 6.07) is 5.86. The summed E-state index contributed by atoms with van der Waals surface area (Å²) in [6.45, 7) is 0.0528. The van der Waals surface area contributed by atoms with Crippen molar-refractivity contribution in [3.63, 3.8) is 0 Å². The Kier molecular flexibility index (Phi) is 5.94. The molecule has 214 valence electrons. The van der Waals surface area contributed by atoms with E-state index in [2.05, 4.69) is 20.2 Å². The van der Waals surface area contributed by atoms with Crippen molar-refractivity contribution in [3.8, 4) is 11.1 Å². The predicted molar refractivity (Wildman–Crippen MR) is 155 cm³/mol. The monoisotopic (exact) mass is 589 g/mol. The number of benzene rings is 1. The zero-order valence-electron chi connectivity index (χ0n) is 22.2. The van der Waals surface area contributed by atoms with Gasteiger partial charge in [-0.2, -0.15) is 0 Å². The molecule has 0 bridgehead atoms. The van der Waals surface area contributed by atoms with Crippen LogP contribution in [0.3, 0.4) is 0 Å². The fourth-order valence-electron chi connectivity index (χ4n) is 5.47. The summed E-state index contributed by atoms with van der Waals surface area (Å²) in [4.78, 5) is 29.8. The molecule has 0 saturated heterocycles. The zero-order chi connectivity index (χ0) is 29.2. The standard InChI is InChI=1S/C29H24FN5O6S/c1-31-27-19-12-15(4-2-6-22(19)41-33-27)14-35-21-13-20(30)17-9-11-40-26(17)24(21)23(18-5-3-10-32-28(18)36)25(35)29(37)34-42(38,39)16-7-8-16/h2-3,5-6,9-13,16H,4,7-8,14H2,1H3,(H,31,33)(H,32,36)(H,34,37). The second-order valence-electron chi connectivity index (χ2n) is 10.3. The fraction of sp³-hybridized carbons (Fsp3) is 0.207. The number of halogens is 1. The summed E-state index contributed by atoms with van der Waals surface area (Å²) in [5, 5.41) is 6.82. The number of H-pyrrole nitrogens is 1. The number of nitrogens with one attached hydrogen (secondary N) is 3. The average Bonchev–Trinajstić information content (AvgIpc) is 3.55. The molecular formula is C29H24FN5O6S. The minimum absolute atomic E-state index is 0.0528. The topological polar surface area (TPSA) is 152 Å². The highest BCUT2D eigenvalue weighted by molar-refractivity contribution is 7.91. The quantitative estimate of drug-likeness (QED) is 0.248. The molecule has 13 heteroatoms. The maximum absolute atomic E-state index is 15.4. The summed E-state index contributed by atoms with van der Waals surface area (Å²) in [5.74, 6) is -0.466. The van der Waals surface area contributed by atoms with E-state index >= 15 is 4.39 Å². The van der Waals surface area contributed by atoms with Gasteiger partial charge in [-0.15, -0.1) is 0 Å². The molecule has 4 aromatic heterocycles. The first-order chi connectivity index (χ1) is 20.3. The molecule has 2 aliphatic rings. The number of rotatable bonds is 7. The summed E-state index contributed by atoms with van der Waals surface area (Å²) in [5.41, 5.74) is 1.50. The smallest absolute Gasteiger partial charge is 0.282 e. The molecular weight excluding hydrogens is 565 g/mol. The highest BCUT2D eigenvalue weighted by Gasteiger charge is 2.39. The van der Waals surface area contributed by atoms with E-state index in [1.807, 2.05) is 12.2 Å². The van der Waals surface area contributed by atoms with Crippen molar-refractivity contribution in [2.45, 2.75) is 31.1 Å². The Bertz CT molecular complexity index is 2150. The van der Waals surface area contributed by atoms with Crippen molar-refractivity contribution in [3.05, 3.63) is 81.6 Å². The lowest BCUT2D eigenvalue weighted by molar-refractivity contribution is 0.0974. The number of hydrogen-bond donors (Lipinski definition) is 3. The van der Waals surface area contributed by atoms with Crippen molar-refractivity contribution in [1.82, 2.24) is 19.4 Å². The molecule has 1 fully saturated rings. The number of anilines is 1. The zero-order valence-corrected chi connectivity index (χ0v) is 23.0. The first-order valence-corrected chi connectivity index (χ1v) is 14.8. The van der Waals surface area contributed by atoms with E-state index < -0.39 is 32.6 Å². The fourth-order valence-corrected chi connectivity index (χ4v) is 6.75. The third-order valence-corrected chi connectivity index (χ3v) is 9.39. The molecule has 0 spiro atoms. The number of hydrogen-bond acceptors (Lipinski definition) is 8. The Morgan fingerprint density at radius 1 is 1.29 bits per heavy atom. The molecule has 1 aromatic carbocycles. The Labute approximate surface area is 237 Å². The van der Waals surface area contributed by atoms with E-state index in [1.54, 1.807) is 19.2 Å². The molecule has 0 aliphatic heterocycles. The normalized spacial score (nSPS) is 15.0. The number of aromatic amines is 1. The Hall–Kier alpha value is -4.91. The van der Waals surface area contributed by atoms with Crippen LogP contribution < -0.4 is 15.6 Å². The van der Waals surface area contributed by atoms with Gasteiger partial charge in [0.15, 0.2) is 11.6 Å². The van der Waals surface area contributed by atoms with E-state index in [1.165, 1.54) is 35.2 Å². The number of sulfonamides is 1. The first kappa shape index (κ1) is 26.0. The summed E-state index contributed by atoms with van der Waals surface area (Å²) in [7, 11) is -2.26. The minimum Gasteiger partial charge on any atom is -0.463 e. The lowest BCUT2D eigenvalue weighted by Crippen LogP contribution is -2.35. The van der Waals surface area contributed by atoms with Gasteiger partial charge in [0.1, 0.15) is 17.1 Å². The van der Waals surface area contributed by atoms with Crippen molar-refractivity contribution in [2.24, 2.45) is 0 Å². The molecule has 11 nitrogen and oxygen atoms in total. The van der Waals surface area contributed by atoms with Crippen LogP contribution in [0.4, 0.5) is 10.2 Å². The molecule has 4 heterocycles. The molecule has 0 radical (unpaired) electrons. The molecule has 2 aliphatic carbocycles. The number of aromatic nitrogens is 3. The highest BCUT2D eigenvalue weighted by atomic mass is 32.2. The van der Waals surface area contributed by atoms with Crippen LogP contribution in [0.25, 0.3) is 45.2 Å². The number of carbonyl (C=O) groups excluding carboxylic acids is 1. The minimum atomic E-state index is -3.97. The van der Waals surface area contributed by atoms with Gasteiger partial charge in [-0.05, 0) is 61.3 Å². The van der Waals surface area contributed by atoms with Crippen LogP contribution in [0, 0.1) is 5.82 Å². The van der Waals surface area contributed by atoms with Gasteiger partial charge in [-0.1, -0.05) is 11.2 Å². The molecule has 1 saturated carbocycles. The third kappa shape index (κ3) is 4.15. The first-order valence-electron chi connectivity index (χ1n) is 13.3. The van der Waals surface area contributed by atoms with E-state index in [0.29, 0.717) is 41.8 Å². The van der Waals surface area contributed by atoms with Crippen molar-refractivity contribution >= 4 is 55.8 Å². The van der Waals surface area contributed by atoms with Gasteiger partial charge in [0.05, 0.1) is 38.9 Å². The number of fused-ring (bicyclic) bond motifs is 4. The average molecular weight is 590 g/mol. The van der Waals surface area contributed by atoms with Crippen LogP contribution in [-0.4, -0.2) is 41.3 Å². The predicted octanol–water partition coefficient (Wildman–Crippen LogP) is 4.63.